The molecule has 1 aliphatic carbocycles. The molecule has 0 heterocycles. The fourth-order valence-electron chi connectivity index (χ4n) is 2.02. The van der Waals surface area contributed by atoms with E-state index in [9.17, 15) is 9.90 Å². The van der Waals surface area contributed by atoms with E-state index in [4.69, 9.17) is 10.5 Å². The van der Waals surface area contributed by atoms with Crippen molar-refractivity contribution in [1.82, 2.24) is 0 Å². The van der Waals surface area contributed by atoms with Gasteiger partial charge in [0, 0.05) is 0 Å². The number of nitrogens with two attached hydrogens (primary N) is 1. The summed E-state index contributed by atoms with van der Waals surface area (Å²) in [5, 5.41) is 9.38. The molecule has 0 aromatic rings. The van der Waals surface area contributed by atoms with Crippen LogP contribution in [0.2, 0.25) is 0 Å². The second kappa shape index (κ2) is 5.15. The molecule has 0 amide bonds. The van der Waals surface area contributed by atoms with E-state index in [0.717, 1.165) is 25.7 Å². The van der Waals surface area contributed by atoms with Crippen molar-refractivity contribution >= 4 is 5.97 Å². The van der Waals surface area contributed by atoms with Crippen LogP contribution in [-0.4, -0.2) is 28.8 Å². The van der Waals surface area contributed by atoms with Gasteiger partial charge in [0.25, 0.3) is 0 Å². The Kier molecular flexibility index (Phi) is 4.33. The van der Waals surface area contributed by atoms with Crippen LogP contribution in [0.3, 0.4) is 0 Å². The molecule has 16 heavy (non-hydrogen) atoms. The lowest BCUT2D eigenvalue weighted by Crippen LogP contribution is -2.44. The van der Waals surface area contributed by atoms with Gasteiger partial charge >= 0.3 is 5.97 Å². The molecule has 0 bridgehead atoms. The maximum atomic E-state index is 11.7. The van der Waals surface area contributed by atoms with Gasteiger partial charge in [0.15, 0.2) is 0 Å². The molecular formula is C12H23NO3. The van der Waals surface area contributed by atoms with Crippen molar-refractivity contribution < 1.29 is 14.6 Å². The van der Waals surface area contributed by atoms with Crippen molar-refractivity contribution in [1.29, 1.82) is 0 Å². The molecular weight excluding hydrogens is 206 g/mol. The predicted octanol–water partition coefficient (Wildman–Crippen LogP) is 1.21. The van der Waals surface area contributed by atoms with E-state index >= 15 is 0 Å². The van der Waals surface area contributed by atoms with Crippen molar-refractivity contribution in [3.8, 4) is 0 Å². The Morgan fingerprint density at radius 1 is 1.31 bits per heavy atom. The summed E-state index contributed by atoms with van der Waals surface area (Å²) in [6.45, 7) is 5.51. The summed E-state index contributed by atoms with van der Waals surface area (Å²) in [5.41, 5.74) is 5.41. The van der Waals surface area contributed by atoms with E-state index in [0.29, 0.717) is 0 Å². The van der Waals surface area contributed by atoms with E-state index in [2.05, 4.69) is 0 Å². The first kappa shape index (κ1) is 13.5. The first-order valence-electron chi connectivity index (χ1n) is 5.96. The Balaban J connectivity index is 2.45. The van der Waals surface area contributed by atoms with Crippen LogP contribution in [0.25, 0.3) is 0 Å². The first-order valence-corrected chi connectivity index (χ1v) is 5.96. The van der Waals surface area contributed by atoms with Crippen molar-refractivity contribution in [3.63, 3.8) is 0 Å². The average Bonchev–Trinajstić information content (AvgIpc) is 2.15. The van der Waals surface area contributed by atoms with E-state index in [1.54, 1.807) is 0 Å². The Hall–Kier alpha value is -0.610. The van der Waals surface area contributed by atoms with Crippen LogP contribution in [0.5, 0.6) is 0 Å². The summed E-state index contributed by atoms with van der Waals surface area (Å²) in [6, 6.07) is -0.549. The Morgan fingerprint density at radius 3 is 2.25 bits per heavy atom. The maximum absolute atomic E-state index is 11.7. The minimum atomic E-state index is -0.549. The number of ether oxygens (including phenoxy) is 1. The Morgan fingerprint density at radius 2 is 1.81 bits per heavy atom. The molecule has 1 saturated carbocycles. The lowest BCUT2D eigenvalue weighted by Gasteiger charge is -2.30. The Bertz CT molecular complexity index is 239. The van der Waals surface area contributed by atoms with Gasteiger partial charge in [-0.2, -0.15) is 0 Å². The van der Waals surface area contributed by atoms with Gasteiger partial charge in [0.2, 0.25) is 0 Å². The SMILES string of the molecule is CC(C)(C)OC(=O)[C@H](N)C1CCC(O)CC1. The van der Waals surface area contributed by atoms with Crippen molar-refractivity contribution in [3.05, 3.63) is 0 Å². The highest BCUT2D eigenvalue weighted by molar-refractivity contribution is 5.76. The number of aliphatic hydroxyl groups is 1. The molecule has 3 N–H and O–H groups in total. The van der Waals surface area contributed by atoms with Gasteiger partial charge in [-0.05, 0) is 52.4 Å². The van der Waals surface area contributed by atoms with Gasteiger partial charge in [-0.15, -0.1) is 0 Å². The fraction of sp³-hybridized carbons (Fsp3) is 0.917. The van der Waals surface area contributed by atoms with Crippen LogP contribution in [0.15, 0.2) is 0 Å². The fourth-order valence-corrected chi connectivity index (χ4v) is 2.02. The molecule has 94 valence electrons. The molecule has 1 aliphatic rings. The number of rotatable bonds is 2. The molecule has 4 nitrogen and oxygen atoms in total. The van der Waals surface area contributed by atoms with E-state index in [1.165, 1.54) is 0 Å². The molecule has 0 aliphatic heterocycles. The monoisotopic (exact) mass is 229 g/mol. The highest BCUT2D eigenvalue weighted by atomic mass is 16.6. The summed E-state index contributed by atoms with van der Waals surface area (Å²) in [6.07, 6.45) is 2.87. The highest BCUT2D eigenvalue weighted by Crippen LogP contribution is 2.27. The molecule has 1 fully saturated rings. The summed E-state index contributed by atoms with van der Waals surface area (Å²) in [4.78, 5) is 11.7. The van der Waals surface area contributed by atoms with Crippen LogP contribution >= 0.6 is 0 Å². The highest BCUT2D eigenvalue weighted by Gasteiger charge is 2.31. The van der Waals surface area contributed by atoms with Crippen LogP contribution in [0.4, 0.5) is 0 Å². The third kappa shape index (κ3) is 4.10. The number of hydrogen-bond acceptors (Lipinski definition) is 4. The second-order valence-corrected chi connectivity index (χ2v) is 5.63. The van der Waals surface area contributed by atoms with Gasteiger partial charge in [-0.1, -0.05) is 0 Å². The van der Waals surface area contributed by atoms with Crippen molar-refractivity contribution in [2.45, 2.75) is 64.2 Å². The summed E-state index contributed by atoms with van der Waals surface area (Å²) in [5.74, 6) is -0.174. The Labute approximate surface area is 97.2 Å². The standard InChI is InChI=1S/C12H23NO3/c1-12(2,3)16-11(15)10(13)8-4-6-9(14)7-5-8/h8-10,14H,4-7,13H2,1-3H3/t8?,9?,10-/m1/s1. The van der Waals surface area contributed by atoms with E-state index < -0.39 is 11.6 Å². The second-order valence-electron chi connectivity index (χ2n) is 5.63. The third-order valence-electron chi connectivity index (χ3n) is 2.93. The number of carbonyl (C=O) groups excluding carboxylic acids is 1. The lowest BCUT2D eigenvalue weighted by atomic mass is 9.83. The molecule has 0 aromatic carbocycles. The molecule has 0 spiro atoms. The lowest BCUT2D eigenvalue weighted by molar-refractivity contribution is -0.158. The number of esters is 1. The number of aliphatic hydroxyl groups excluding tert-OH is 1. The predicted molar refractivity (Wildman–Crippen MR) is 61.8 cm³/mol. The quantitative estimate of drug-likeness (QED) is 0.698. The van der Waals surface area contributed by atoms with Crippen molar-refractivity contribution in [2.75, 3.05) is 0 Å². The molecule has 1 rings (SSSR count). The molecule has 0 aromatic heterocycles. The van der Waals surface area contributed by atoms with Gasteiger partial charge in [0.05, 0.1) is 6.10 Å². The molecule has 0 radical (unpaired) electrons. The van der Waals surface area contributed by atoms with Crippen LogP contribution in [0, 0.1) is 5.92 Å². The first-order chi connectivity index (χ1) is 7.29. The summed E-state index contributed by atoms with van der Waals surface area (Å²) < 4.78 is 5.25. The summed E-state index contributed by atoms with van der Waals surface area (Å²) >= 11 is 0. The van der Waals surface area contributed by atoms with Gasteiger partial charge < -0.3 is 15.6 Å². The van der Waals surface area contributed by atoms with Crippen LogP contribution in [-0.2, 0) is 9.53 Å². The molecule has 4 heteroatoms. The number of hydrogen-bond donors (Lipinski definition) is 2. The van der Waals surface area contributed by atoms with Crippen LogP contribution < -0.4 is 5.73 Å². The topological polar surface area (TPSA) is 72.5 Å². The van der Waals surface area contributed by atoms with Gasteiger partial charge in [-0.25, -0.2) is 0 Å². The minimum Gasteiger partial charge on any atom is -0.459 e. The minimum absolute atomic E-state index is 0.151. The summed E-state index contributed by atoms with van der Waals surface area (Å²) in [7, 11) is 0. The van der Waals surface area contributed by atoms with Gasteiger partial charge in [0.1, 0.15) is 11.6 Å². The van der Waals surface area contributed by atoms with Gasteiger partial charge in [-0.3, -0.25) is 4.79 Å². The zero-order valence-electron chi connectivity index (χ0n) is 10.4. The smallest absolute Gasteiger partial charge is 0.323 e. The van der Waals surface area contributed by atoms with Crippen molar-refractivity contribution in [2.24, 2.45) is 11.7 Å². The zero-order valence-corrected chi connectivity index (χ0v) is 10.4. The van der Waals surface area contributed by atoms with E-state index in [-0.39, 0.29) is 18.0 Å². The zero-order chi connectivity index (χ0) is 12.3. The maximum Gasteiger partial charge on any atom is 0.323 e. The normalized spacial score (nSPS) is 28.6. The average molecular weight is 229 g/mol. The molecule has 1 atom stereocenters. The number of carbonyl (C=O) groups is 1. The third-order valence-corrected chi connectivity index (χ3v) is 2.93. The largest absolute Gasteiger partial charge is 0.459 e. The molecule has 0 saturated heterocycles. The van der Waals surface area contributed by atoms with Crippen LogP contribution in [0.1, 0.15) is 46.5 Å². The van der Waals surface area contributed by atoms with E-state index in [1.807, 2.05) is 20.8 Å². The molecule has 0 unspecified atom stereocenters.